The van der Waals surface area contributed by atoms with E-state index in [9.17, 15) is 0 Å². The zero-order chi connectivity index (χ0) is 8.27. The molecular weight excluding hydrogens is 138 g/mol. The molecule has 0 aliphatic rings. The van der Waals surface area contributed by atoms with Crippen LogP contribution in [0.3, 0.4) is 0 Å². The maximum Gasteiger partial charge on any atom is 0.0570 e. The minimum atomic E-state index is 0.711. The van der Waals surface area contributed by atoms with Crippen molar-refractivity contribution in [2.24, 2.45) is 0 Å². The van der Waals surface area contributed by atoms with Crippen LogP contribution in [0.15, 0.2) is 18.5 Å². The second-order valence-corrected chi connectivity index (χ2v) is 2.49. The summed E-state index contributed by atoms with van der Waals surface area (Å²) in [6, 6.07) is 1.91. The van der Waals surface area contributed by atoms with Gasteiger partial charge in [0.05, 0.1) is 17.6 Å². The third kappa shape index (κ3) is 1.83. The Balaban J connectivity index is 2.86. The van der Waals surface area contributed by atoms with Gasteiger partial charge in [0.25, 0.3) is 0 Å². The number of hydrogen-bond acceptors (Lipinski definition) is 3. The van der Waals surface area contributed by atoms with Crippen molar-refractivity contribution in [1.29, 1.82) is 0 Å². The van der Waals surface area contributed by atoms with Crippen LogP contribution in [-0.4, -0.2) is 18.6 Å². The van der Waals surface area contributed by atoms with Crippen molar-refractivity contribution in [1.82, 2.24) is 4.98 Å². The van der Waals surface area contributed by atoms with Gasteiger partial charge in [-0.25, -0.2) is 0 Å². The van der Waals surface area contributed by atoms with Crippen LogP contribution in [-0.2, 0) is 0 Å². The quantitative estimate of drug-likeness (QED) is 0.688. The van der Waals surface area contributed by atoms with Crippen LogP contribution >= 0.6 is 0 Å². The lowest BCUT2D eigenvalue weighted by Gasteiger charge is -2.15. The van der Waals surface area contributed by atoms with E-state index in [1.165, 1.54) is 0 Å². The highest BCUT2D eigenvalue weighted by Gasteiger charge is 1.96. The summed E-state index contributed by atoms with van der Waals surface area (Å²) >= 11 is 0. The Morgan fingerprint density at radius 2 is 2.27 bits per heavy atom. The van der Waals surface area contributed by atoms with Crippen LogP contribution in [0.25, 0.3) is 0 Å². The number of anilines is 2. The first-order valence-corrected chi connectivity index (χ1v) is 3.65. The molecule has 60 valence electrons. The fourth-order valence-electron chi connectivity index (χ4n) is 0.836. The molecular formula is C8H13N3. The Kier molecular flexibility index (Phi) is 2.31. The highest BCUT2D eigenvalue weighted by atomic mass is 15.1. The van der Waals surface area contributed by atoms with Gasteiger partial charge >= 0.3 is 0 Å². The lowest BCUT2D eigenvalue weighted by molar-refractivity contribution is 0.962. The topological polar surface area (TPSA) is 42.2 Å². The van der Waals surface area contributed by atoms with Crippen LogP contribution in [0.5, 0.6) is 0 Å². The minimum Gasteiger partial charge on any atom is -0.397 e. The number of rotatable bonds is 2. The van der Waals surface area contributed by atoms with E-state index in [1.54, 1.807) is 12.4 Å². The molecule has 0 amide bonds. The van der Waals surface area contributed by atoms with Gasteiger partial charge in [0, 0.05) is 19.8 Å². The molecule has 0 radical (unpaired) electrons. The van der Waals surface area contributed by atoms with Gasteiger partial charge in [-0.3, -0.25) is 4.98 Å². The second kappa shape index (κ2) is 3.23. The maximum absolute atomic E-state index is 5.56. The smallest absolute Gasteiger partial charge is 0.0570 e. The van der Waals surface area contributed by atoms with Crippen LogP contribution in [0.1, 0.15) is 6.92 Å². The van der Waals surface area contributed by atoms with E-state index in [-0.39, 0.29) is 0 Å². The standard InChI is InChI=1S/C8H13N3/c1-3-11(2)8-4-7(9)5-10-6-8/h4-6H,3,9H2,1-2H3. The predicted octanol–water partition coefficient (Wildman–Crippen LogP) is 1.12. The Morgan fingerprint density at radius 3 is 2.82 bits per heavy atom. The molecule has 0 aliphatic carbocycles. The van der Waals surface area contributed by atoms with Gasteiger partial charge in [0.1, 0.15) is 0 Å². The Hall–Kier alpha value is -1.25. The first kappa shape index (κ1) is 7.85. The van der Waals surface area contributed by atoms with Gasteiger partial charge in [-0.15, -0.1) is 0 Å². The molecule has 0 spiro atoms. The molecule has 1 aromatic rings. The third-order valence-corrected chi connectivity index (χ3v) is 1.66. The molecule has 1 rings (SSSR count). The predicted molar refractivity (Wildman–Crippen MR) is 47.6 cm³/mol. The van der Waals surface area contributed by atoms with Crippen molar-refractivity contribution in [2.75, 3.05) is 24.2 Å². The molecule has 11 heavy (non-hydrogen) atoms. The Bertz CT molecular complexity index is 235. The zero-order valence-electron chi connectivity index (χ0n) is 6.91. The summed E-state index contributed by atoms with van der Waals surface area (Å²) in [6.07, 6.45) is 3.45. The number of hydrogen-bond donors (Lipinski definition) is 1. The third-order valence-electron chi connectivity index (χ3n) is 1.66. The molecule has 0 atom stereocenters. The lowest BCUT2D eigenvalue weighted by Crippen LogP contribution is -2.15. The normalized spacial score (nSPS) is 9.64. The molecule has 0 aromatic carbocycles. The molecule has 1 heterocycles. The summed E-state index contributed by atoms with van der Waals surface area (Å²) < 4.78 is 0. The van der Waals surface area contributed by atoms with Gasteiger partial charge < -0.3 is 10.6 Å². The van der Waals surface area contributed by atoms with E-state index >= 15 is 0 Å². The highest BCUT2D eigenvalue weighted by Crippen LogP contribution is 2.12. The molecule has 0 fully saturated rings. The lowest BCUT2D eigenvalue weighted by atomic mass is 10.3. The number of nitrogen functional groups attached to an aromatic ring is 1. The zero-order valence-corrected chi connectivity index (χ0v) is 6.91. The van der Waals surface area contributed by atoms with E-state index in [0.717, 1.165) is 12.2 Å². The monoisotopic (exact) mass is 151 g/mol. The van der Waals surface area contributed by atoms with Gasteiger partial charge in [0.2, 0.25) is 0 Å². The molecule has 2 N–H and O–H groups in total. The van der Waals surface area contributed by atoms with Crippen molar-refractivity contribution in [3.63, 3.8) is 0 Å². The number of pyridine rings is 1. The molecule has 0 saturated heterocycles. The summed E-state index contributed by atoms with van der Waals surface area (Å²) in [4.78, 5) is 6.07. The average molecular weight is 151 g/mol. The van der Waals surface area contributed by atoms with Crippen molar-refractivity contribution < 1.29 is 0 Å². The van der Waals surface area contributed by atoms with Crippen molar-refractivity contribution in [3.8, 4) is 0 Å². The van der Waals surface area contributed by atoms with Crippen molar-refractivity contribution in [2.45, 2.75) is 6.92 Å². The van der Waals surface area contributed by atoms with Crippen LogP contribution in [0.4, 0.5) is 11.4 Å². The van der Waals surface area contributed by atoms with Crippen LogP contribution < -0.4 is 10.6 Å². The highest BCUT2D eigenvalue weighted by molar-refractivity contribution is 5.52. The van der Waals surface area contributed by atoms with E-state index in [0.29, 0.717) is 5.69 Å². The van der Waals surface area contributed by atoms with E-state index in [2.05, 4.69) is 16.8 Å². The molecule has 3 heteroatoms. The fourth-order valence-corrected chi connectivity index (χ4v) is 0.836. The number of nitrogens with two attached hydrogens (primary N) is 1. The summed E-state index contributed by atoms with van der Waals surface area (Å²) in [5.74, 6) is 0. The SMILES string of the molecule is CCN(C)c1cncc(N)c1. The van der Waals surface area contributed by atoms with Crippen LogP contribution in [0.2, 0.25) is 0 Å². The van der Waals surface area contributed by atoms with E-state index in [1.807, 2.05) is 13.1 Å². The van der Waals surface area contributed by atoms with Crippen molar-refractivity contribution >= 4 is 11.4 Å². The summed E-state index contributed by atoms with van der Waals surface area (Å²) in [5, 5.41) is 0. The van der Waals surface area contributed by atoms with Crippen molar-refractivity contribution in [3.05, 3.63) is 18.5 Å². The molecule has 0 unspecified atom stereocenters. The minimum absolute atomic E-state index is 0.711. The summed E-state index contributed by atoms with van der Waals surface area (Å²) in [6.45, 7) is 3.05. The fraction of sp³-hybridized carbons (Fsp3) is 0.375. The van der Waals surface area contributed by atoms with Gasteiger partial charge in [-0.2, -0.15) is 0 Å². The summed E-state index contributed by atoms with van der Waals surface area (Å²) in [5.41, 5.74) is 7.34. The Labute approximate surface area is 66.8 Å². The van der Waals surface area contributed by atoms with Gasteiger partial charge in [-0.1, -0.05) is 0 Å². The maximum atomic E-state index is 5.56. The Morgan fingerprint density at radius 1 is 1.55 bits per heavy atom. The van der Waals surface area contributed by atoms with Gasteiger partial charge in [0.15, 0.2) is 0 Å². The average Bonchev–Trinajstić information content (AvgIpc) is 2.03. The molecule has 1 aromatic heterocycles. The molecule has 3 nitrogen and oxygen atoms in total. The number of nitrogens with zero attached hydrogens (tertiary/aromatic N) is 2. The summed E-state index contributed by atoms with van der Waals surface area (Å²) in [7, 11) is 2.01. The first-order chi connectivity index (χ1) is 5.24. The number of aromatic nitrogens is 1. The molecule has 0 bridgehead atoms. The second-order valence-electron chi connectivity index (χ2n) is 2.49. The molecule has 0 saturated carbocycles. The molecule has 0 aliphatic heterocycles. The largest absolute Gasteiger partial charge is 0.397 e. The van der Waals surface area contributed by atoms with Crippen LogP contribution in [0, 0.1) is 0 Å². The van der Waals surface area contributed by atoms with Gasteiger partial charge in [-0.05, 0) is 13.0 Å². The first-order valence-electron chi connectivity index (χ1n) is 3.65. The van der Waals surface area contributed by atoms with E-state index < -0.39 is 0 Å². The van der Waals surface area contributed by atoms with E-state index in [4.69, 9.17) is 5.73 Å².